The van der Waals surface area contributed by atoms with Gasteiger partial charge in [0.25, 0.3) is 0 Å². The second kappa shape index (κ2) is 9.14. The molecule has 23 heavy (non-hydrogen) atoms. The molecule has 0 saturated carbocycles. The van der Waals surface area contributed by atoms with E-state index in [1.807, 2.05) is 17.0 Å². The van der Waals surface area contributed by atoms with E-state index in [1.54, 1.807) is 7.11 Å². The second-order valence-corrected chi connectivity index (χ2v) is 6.23. The van der Waals surface area contributed by atoms with Crippen LogP contribution in [0.1, 0.15) is 26.3 Å². The van der Waals surface area contributed by atoms with Crippen molar-refractivity contribution in [3.8, 4) is 5.75 Å². The minimum atomic E-state index is 0. The van der Waals surface area contributed by atoms with Crippen LogP contribution < -0.4 is 10.1 Å². The molecule has 1 aromatic carbocycles. The van der Waals surface area contributed by atoms with E-state index < -0.39 is 0 Å². The fourth-order valence-corrected chi connectivity index (χ4v) is 3.03. The minimum Gasteiger partial charge on any atom is -0.497 e. The van der Waals surface area contributed by atoms with E-state index in [9.17, 15) is 4.79 Å². The zero-order valence-corrected chi connectivity index (χ0v) is 15.4. The molecule has 2 rings (SSSR count). The lowest BCUT2D eigenvalue weighted by Gasteiger charge is -2.37. The molecule has 4 nitrogen and oxygen atoms in total. The highest BCUT2D eigenvalue weighted by molar-refractivity contribution is 5.85. The zero-order chi connectivity index (χ0) is 16.1. The summed E-state index contributed by atoms with van der Waals surface area (Å²) < 4.78 is 5.19. The van der Waals surface area contributed by atoms with Crippen LogP contribution in [-0.4, -0.2) is 43.6 Å². The van der Waals surface area contributed by atoms with E-state index >= 15 is 0 Å². The van der Waals surface area contributed by atoms with Crippen LogP contribution in [-0.2, 0) is 11.2 Å². The number of hydrogen-bond donors (Lipinski definition) is 1. The number of benzene rings is 1. The van der Waals surface area contributed by atoms with Crippen LogP contribution in [0.4, 0.5) is 0 Å². The molecule has 1 saturated heterocycles. The molecule has 1 aliphatic rings. The number of nitrogens with zero attached hydrogens (tertiary/aromatic N) is 1. The molecule has 0 aliphatic carbocycles. The average Bonchev–Trinajstić information content (AvgIpc) is 2.46. The van der Waals surface area contributed by atoms with Gasteiger partial charge in [-0.25, -0.2) is 0 Å². The van der Waals surface area contributed by atoms with Crippen molar-refractivity contribution < 1.29 is 9.53 Å². The first-order chi connectivity index (χ1) is 10.6. The van der Waals surface area contributed by atoms with E-state index in [2.05, 4.69) is 38.2 Å². The van der Waals surface area contributed by atoms with Gasteiger partial charge < -0.3 is 15.0 Å². The number of halogens is 1. The van der Waals surface area contributed by atoms with Crippen LogP contribution >= 0.6 is 12.4 Å². The molecule has 0 aromatic heterocycles. The highest BCUT2D eigenvalue weighted by Crippen LogP contribution is 2.21. The fourth-order valence-electron chi connectivity index (χ4n) is 3.03. The summed E-state index contributed by atoms with van der Waals surface area (Å²) in [5.41, 5.74) is 1.23. The Labute approximate surface area is 146 Å². The molecule has 0 bridgehead atoms. The van der Waals surface area contributed by atoms with Gasteiger partial charge in [-0.15, -0.1) is 12.4 Å². The Kier molecular flexibility index (Phi) is 7.86. The highest BCUT2D eigenvalue weighted by Gasteiger charge is 2.32. The average molecular weight is 341 g/mol. The van der Waals surface area contributed by atoms with Gasteiger partial charge in [0.15, 0.2) is 0 Å². The number of hydrogen-bond acceptors (Lipinski definition) is 3. The third-order valence-corrected chi connectivity index (χ3v) is 4.76. The van der Waals surface area contributed by atoms with Crippen LogP contribution in [0.3, 0.4) is 0 Å². The van der Waals surface area contributed by atoms with Gasteiger partial charge in [0.2, 0.25) is 5.91 Å². The summed E-state index contributed by atoms with van der Waals surface area (Å²) in [7, 11) is 1.67. The van der Waals surface area contributed by atoms with Crippen molar-refractivity contribution >= 4 is 18.3 Å². The van der Waals surface area contributed by atoms with Crippen molar-refractivity contribution in [3.05, 3.63) is 29.8 Å². The van der Waals surface area contributed by atoms with Crippen LogP contribution in [0, 0.1) is 11.8 Å². The monoisotopic (exact) mass is 340 g/mol. The summed E-state index contributed by atoms with van der Waals surface area (Å²) in [5, 5.41) is 3.25. The van der Waals surface area contributed by atoms with E-state index in [0.717, 1.165) is 31.8 Å². The van der Waals surface area contributed by atoms with Crippen LogP contribution in [0.2, 0.25) is 0 Å². The van der Waals surface area contributed by atoms with Crippen molar-refractivity contribution in [2.45, 2.75) is 33.2 Å². The van der Waals surface area contributed by atoms with Gasteiger partial charge in [0.05, 0.1) is 7.11 Å². The molecular weight excluding hydrogens is 312 g/mol. The molecule has 1 amide bonds. The zero-order valence-electron chi connectivity index (χ0n) is 14.5. The van der Waals surface area contributed by atoms with Crippen molar-refractivity contribution in [1.82, 2.24) is 10.2 Å². The number of amides is 1. The first kappa shape index (κ1) is 19.8. The molecular formula is C18H29ClN2O2. The van der Waals surface area contributed by atoms with E-state index in [0.29, 0.717) is 5.92 Å². The van der Waals surface area contributed by atoms with Gasteiger partial charge in [-0.1, -0.05) is 19.1 Å². The van der Waals surface area contributed by atoms with Crippen molar-refractivity contribution in [2.75, 3.05) is 26.7 Å². The Morgan fingerprint density at radius 1 is 1.30 bits per heavy atom. The minimum absolute atomic E-state index is 0. The molecule has 0 spiro atoms. The Morgan fingerprint density at radius 3 is 2.35 bits per heavy atom. The smallest absolute Gasteiger partial charge is 0.226 e. The SMILES string of the molecule is CCN(C(=O)C(C)C1CNC1)C(C)Cc1ccc(OC)cc1.Cl. The van der Waals surface area contributed by atoms with Gasteiger partial charge in [-0.2, -0.15) is 0 Å². The van der Waals surface area contributed by atoms with Gasteiger partial charge in [0.1, 0.15) is 5.75 Å². The standard InChI is InChI=1S/C18H28N2O2.ClH/c1-5-20(18(21)14(3)16-11-19-12-16)13(2)10-15-6-8-17(22-4)9-7-15;/h6-9,13-14,16,19H,5,10-12H2,1-4H3;1H. The lowest BCUT2D eigenvalue weighted by atomic mass is 9.87. The van der Waals surface area contributed by atoms with E-state index in [1.165, 1.54) is 5.56 Å². The van der Waals surface area contributed by atoms with Gasteiger partial charge in [0, 0.05) is 18.5 Å². The first-order valence-electron chi connectivity index (χ1n) is 8.21. The summed E-state index contributed by atoms with van der Waals surface area (Å²) >= 11 is 0. The van der Waals surface area contributed by atoms with Crippen LogP contribution in [0.25, 0.3) is 0 Å². The second-order valence-electron chi connectivity index (χ2n) is 6.23. The molecule has 1 aromatic rings. The third-order valence-electron chi connectivity index (χ3n) is 4.76. The number of carbonyl (C=O) groups is 1. The number of methoxy groups -OCH3 is 1. The molecule has 1 aliphatic heterocycles. The van der Waals surface area contributed by atoms with Gasteiger partial charge >= 0.3 is 0 Å². The molecule has 1 fully saturated rings. The van der Waals surface area contributed by atoms with E-state index in [-0.39, 0.29) is 30.3 Å². The third kappa shape index (κ3) is 4.85. The predicted octanol–water partition coefficient (Wildman–Crippen LogP) is 2.75. The summed E-state index contributed by atoms with van der Waals surface area (Å²) in [6, 6.07) is 8.31. The predicted molar refractivity (Wildman–Crippen MR) is 96.3 cm³/mol. The Morgan fingerprint density at radius 2 is 1.91 bits per heavy atom. The van der Waals surface area contributed by atoms with E-state index in [4.69, 9.17) is 4.74 Å². The maximum absolute atomic E-state index is 12.7. The van der Waals surface area contributed by atoms with Crippen LogP contribution in [0.15, 0.2) is 24.3 Å². The fraction of sp³-hybridized carbons (Fsp3) is 0.611. The topological polar surface area (TPSA) is 41.6 Å². The quantitative estimate of drug-likeness (QED) is 0.829. The molecule has 1 heterocycles. The maximum Gasteiger partial charge on any atom is 0.226 e. The molecule has 1 N–H and O–H groups in total. The maximum atomic E-state index is 12.7. The molecule has 2 unspecified atom stereocenters. The molecule has 130 valence electrons. The number of ether oxygens (including phenoxy) is 1. The summed E-state index contributed by atoms with van der Waals surface area (Å²) in [4.78, 5) is 14.7. The molecule has 5 heteroatoms. The molecule has 0 radical (unpaired) electrons. The van der Waals surface area contributed by atoms with Crippen LogP contribution in [0.5, 0.6) is 5.75 Å². The number of likely N-dealkylation sites (N-methyl/N-ethyl adjacent to an activating group) is 1. The van der Waals surface area contributed by atoms with Crippen molar-refractivity contribution in [3.63, 3.8) is 0 Å². The van der Waals surface area contributed by atoms with Gasteiger partial charge in [-0.05, 0) is 57.0 Å². The molecule has 2 atom stereocenters. The summed E-state index contributed by atoms with van der Waals surface area (Å²) in [5.74, 6) is 1.76. The highest BCUT2D eigenvalue weighted by atomic mass is 35.5. The first-order valence-corrected chi connectivity index (χ1v) is 8.21. The lowest BCUT2D eigenvalue weighted by molar-refractivity contribution is -0.139. The largest absolute Gasteiger partial charge is 0.497 e. The Balaban J connectivity index is 0.00000264. The number of rotatable bonds is 7. The van der Waals surface area contributed by atoms with Gasteiger partial charge in [-0.3, -0.25) is 4.79 Å². The number of carbonyl (C=O) groups excluding carboxylic acids is 1. The van der Waals surface area contributed by atoms with Crippen molar-refractivity contribution in [1.29, 1.82) is 0 Å². The Hall–Kier alpha value is -1.26. The summed E-state index contributed by atoms with van der Waals surface area (Å²) in [6.45, 7) is 8.97. The lowest BCUT2D eigenvalue weighted by Crippen LogP contribution is -2.52. The Bertz CT molecular complexity index is 488. The normalized spacial score (nSPS) is 16.7. The van der Waals surface area contributed by atoms with Crippen molar-refractivity contribution in [2.24, 2.45) is 11.8 Å². The number of nitrogens with one attached hydrogen (secondary N) is 1. The summed E-state index contributed by atoms with van der Waals surface area (Å²) in [6.07, 6.45) is 0.874.